The summed E-state index contributed by atoms with van der Waals surface area (Å²) < 4.78 is 0. The highest BCUT2D eigenvalue weighted by molar-refractivity contribution is 6.53. The minimum absolute atomic E-state index is 0.0652. The fourth-order valence-electron chi connectivity index (χ4n) is 4.37. The molecule has 2 N–H and O–H groups in total. The molecule has 1 aliphatic heterocycles. The molecule has 196 valence electrons. The van der Waals surface area contributed by atoms with Crippen molar-refractivity contribution in [1.82, 2.24) is 0 Å². The van der Waals surface area contributed by atoms with Gasteiger partial charge in [-0.3, -0.25) is 14.4 Å². The Bertz CT molecular complexity index is 1450. The maximum atomic E-state index is 13.4. The average molecular weight is 550 g/mol. The number of rotatable bonds is 7. The molecule has 1 heterocycles. The molecule has 6 nitrogen and oxygen atoms in total. The molecule has 0 radical (unpaired) electrons. The van der Waals surface area contributed by atoms with Gasteiger partial charge in [0.1, 0.15) is 10.7 Å². The van der Waals surface area contributed by atoms with E-state index < -0.39 is 11.8 Å². The van der Waals surface area contributed by atoms with Crippen molar-refractivity contribution in [3.05, 3.63) is 98.7 Å². The van der Waals surface area contributed by atoms with Crippen LogP contribution < -0.4 is 15.5 Å². The second-order valence-corrected chi connectivity index (χ2v) is 10.7. The van der Waals surface area contributed by atoms with Crippen LogP contribution in [-0.2, 0) is 9.59 Å². The number of anilines is 3. The summed E-state index contributed by atoms with van der Waals surface area (Å²) in [4.78, 5) is 40.4. The van der Waals surface area contributed by atoms with Gasteiger partial charge in [-0.05, 0) is 65.8 Å². The van der Waals surface area contributed by atoms with Crippen LogP contribution in [0.5, 0.6) is 0 Å². The highest BCUT2D eigenvalue weighted by atomic mass is 35.5. The zero-order valence-corrected chi connectivity index (χ0v) is 23.4. The summed E-state index contributed by atoms with van der Waals surface area (Å²) in [5.41, 5.74) is 4.84. The quantitative estimate of drug-likeness (QED) is 0.297. The second kappa shape index (κ2) is 11.0. The smallest absolute Gasteiger partial charge is 0.283 e. The molecule has 0 aliphatic carbocycles. The topological polar surface area (TPSA) is 78.5 Å². The van der Waals surface area contributed by atoms with Crippen LogP contribution in [0.2, 0.25) is 5.02 Å². The third-order valence-corrected chi connectivity index (χ3v) is 7.05. The number of hydrogen-bond donors (Lipinski definition) is 2. The number of para-hydroxylation sites is 1. The first-order valence-corrected chi connectivity index (χ1v) is 13.1. The molecule has 0 saturated heterocycles. The van der Waals surface area contributed by atoms with Crippen molar-refractivity contribution in [1.29, 1.82) is 0 Å². The number of hydrogen-bond acceptors (Lipinski definition) is 4. The first-order chi connectivity index (χ1) is 18.0. The van der Waals surface area contributed by atoms with Crippen LogP contribution in [-0.4, -0.2) is 17.7 Å². The van der Waals surface area contributed by atoms with E-state index in [9.17, 15) is 14.4 Å². The summed E-state index contributed by atoms with van der Waals surface area (Å²) >= 11 is 12.4. The lowest BCUT2D eigenvalue weighted by atomic mass is 9.92. The van der Waals surface area contributed by atoms with E-state index in [0.717, 1.165) is 27.3 Å². The molecule has 38 heavy (non-hydrogen) atoms. The number of carbonyl (C=O) groups is 3. The number of aryl methyl sites for hydroxylation is 1. The van der Waals surface area contributed by atoms with Gasteiger partial charge >= 0.3 is 0 Å². The highest BCUT2D eigenvalue weighted by Crippen LogP contribution is 2.34. The molecule has 0 fully saturated rings. The Balaban J connectivity index is 1.63. The Labute approximate surface area is 232 Å². The SMILES string of the molecule is Cc1ccc(C(=O)Nc2c(C(C)C)cccc2C(C)C)cc1NC1=C(Cl)C(=O)N(c2cccc(Cl)c2)C1=O. The Hall–Kier alpha value is -3.61. The molecular formula is C30H29Cl2N3O3. The molecule has 0 aromatic heterocycles. The maximum Gasteiger partial charge on any atom is 0.283 e. The predicted octanol–water partition coefficient (Wildman–Crippen LogP) is 7.58. The molecule has 3 aromatic rings. The van der Waals surface area contributed by atoms with Gasteiger partial charge in [0, 0.05) is 22.0 Å². The van der Waals surface area contributed by atoms with E-state index in [4.69, 9.17) is 23.2 Å². The zero-order valence-electron chi connectivity index (χ0n) is 21.9. The first-order valence-electron chi connectivity index (χ1n) is 12.4. The van der Waals surface area contributed by atoms with Crippen molar-refractivity contribution >= 4 is 58.0 Å². The lowest BCUT2D eigenvalue weighted by Gasteiger charge is -2.20. The van der Waals surface area contributed by atoms with Crippen LogP contribution in [0.3, 0.4) is 0 Å². The predicted molar refractivity (Wildman–Crippen MR) is 154 cm³/mol. The summed E-state index contributed by atoms with van der Waals surface area (Å²) in [6.45, 7) is 10.2. The molecule has 0 atom stereocenters. The van der Waals surface area contributed by atoms with Gasteiger partial charge in [-0.2, -0.15) is 0 Å². The van der Waals surface area contributed by atoms with Gasteiger partial charge in [0.25, 0.3) is 17.7 Å². The summed E-state index contributed by atoms with van der Waals surface area (Å²) in [7, 11) is 0. The number of halogens is 2. The number of nitrogens with one attached hydrogen (secondary N) is 2. The third-order valence-electron chi connectivity index (χ3n) is 6.46. The molecule has 0 unspecified atom stereocenters. The van der Waals surface area contributed by atoms with Crippen molar-refractivity contribution < 1.29 is 14.4 Å². The minimum atomic E-state index is -0.653. The molecule has 3 amide bonds. The summed E-state index contributed by atoms with van der Waals surface area (Å²) in [6, 6.07) is 17.6. The molecule has 4 rings (SSSR count). The van der Waals surface area contributed by atoms with Crippen LogP contribution in [0.15, 0.2) is 71.4 Å². The van der Waals surface area contributed by atoms with Crippen LogP contribution in [0, 0.1) is 6.92 Å². The minimum Gasteiger partial charge on any atom is -0.349 e. The van der Waals surface area contributed by atoms with Crippen LogP contribution in [0.4, 0.5) is 17.1 Å². The molecule has 0 bridgehead atoms. The molecule has 8 heteroatoms. The lowest BCUT2D eigenvalue weighted by molar-refractivity contribution is -0.120. The van der Waals surface area contributed by atoms with Gasteiger partial charge in [-0.1, -0.05) is 81.2 Å². The summed E-state index contributed by atoms with van der Waals surface area (Å²) in [6.07, 6.45) is 0. The van der Waals surface area contributed by atoms with Crippen molar-refractivity contribution in [3.63, 3.8) is 0 Å². The average Bonchev–Trinajstić information content (AvgIpc) is 3.07. The first kappa shape index (κ1) is 27.4. The van der Waals surface area contributed by atoms with E-state index in [1.807, 2.05) is 25.1 Å². The van der Waals surface area contributed by atoms with Gasteiger partial charge in [0.2, 0.25) is 0 Å². The number of nitrogens with zero attached hydrogens (tertiary/aromatic N) is 1. The van der Waals surface area contributed by atoms with Gasteiger partial charge in [0.15, 0.2) is 0 Å². The Morgan fingerprint density at radius 1 is 0.842 bits per heavy atom. The number of benzene rings is 3. The second-order valence-electron chi connectivity index (χ2n) is 9.84. The standard InChI is InChI=1S/C30H29Cl2N3O3/c1-16(2)22-10-7-11-23(17(3)4)26(22)34-28(36)19-13-12-18(5)24(14-19)33-27-25(32)29(37)35(30(27)38)21-9-6-8-20(31)15-21/h6-17,33H,1-5H3,(H,34,36). The van der Waals surface area contributed by atoms with Crippen molar-refractivity contribution in [3.8, 4) is 0 Å². The number of imide groups is 1. The monoisotopic (exact) mass is 549 g/mol. The normalized spacial score (nSPS) is 13.7. The lowest BCUT2D eigenvalue weighted by Crippen LogP contribution is -2.32. The number of carbonyl (C=O) groups excluding carboxylic acids is 3. The molecule has 0 spiro atoms. The largest absolute Gasteiger partial charge is 0.349 e. The molecule has 0 saturated carbocycles. The highest BCUT2D eigenvalue weighted by Gasteiger charge is 2.39. The van der Waals surface area contributed by atoms with E-state index in [-0.39, 0.29) is 28.5 Å². The van der Waals surface area contributed by atoms with E-state index in [1.165, 1.54) is 6.07 Å². The number of amides is 3. The van der Waals surface area contributed by atoms with E-state index in [2.05, 4.69) is 38.3 Å². The van der Waals surface area contributed by atoms with E-state index in [0.29, 0.717) is 22.0 Å². The maximum absolute atomic E-state index is 13.4. The molecular weight excluding hydrogens is 521 g/mol. The third kappa shape index (κ3) is 5.33. The fourth-order valence-corrected chi connectivity index (χ4v) is 4.77. The van der Waals surface area contributed by atoms with E-state index in [1.54, 1.807) is 36.4 Å². The Morgan fingerprint density at radius 2 is 1.47 bits per heavy atom. The molecule has 1 aliphatic rings. The van der Waals surface area contributed by atoms with Crippen LogP contribution in [0.25, 0.3) is 0 Å². The van der Waals surface area contributed by atoms with E-state index >= 15 is 0 Å². The summed E-state index contributed by atoms with van der Waals surface area (Å²) in [5, 5.41) is 6.25. The van der Waals surface area contributed by atoms with Crippen molar-refractivity contribution in [2.24, 2.45) is 0 Å². The van der Waals surface area contributed by atoms with Crippen LogP contribution >= 0.6 is 23.2 Å². The van der Waals surface area contributed by atoms with Crippen LogP contribution in [0.1, 0.15) is 66.6 Å². The molecule has 3 aromatic carbocycles. The van der Waals surface area contributed by atoms with Gasteiger partial charge in [0.05, 0.1) is 5.69 Å². The zero-order chi connectivity index (χ0) is 27.7. The van der Waals surface area contributed by atoms with Gasteiger partial charge < -0.3 is 10.6 Å². The van der Waals surface area contributed by atoms with Gasteiger partial charge in [-0.15, -0.1) is 0 Å². The van der Waals surface area contributed by atoms with Crippen molar-refractivity contribution in [2.75, 3.05) is 15.5 Å². The van der Waals surface area contributed by atoms with Crippen molar-refractivity contribution in [2.45, 2.75) is 46.5 Å². The summed E-state index contributed by atoms with van der Waals surface area (Å²) in [5.74, 6) is -1.09. The Kier molecular flexibility index (Phi) is 7.95. The van der Waals surface area contributed by atoms with Gasteiger partial charge in [-0.25, -0.2) is 4.90 Å². The fraction of sp³-hybridized carbons (Fsp3) is 0.233. The Morgan fingerprint density at radius 3 is 2.08 bits per heavy atom.